The number of fused-ring (bicyclic) bond motifs is 2. The lowest BCUT2D eigenvalue weighted by Crippen LogP contribution is -2.44. The Morgan fingerprint density at radius 1 is 1.21 bits per heavy atom. The summed E-state index contributed by atoms with van der Waals surface area (Å²) in [4.78, 5) is 20.3. The van der Waals surface area contributed by atoms with Gasteiger partial charge in [0.05, 0.1) is 18.2 Å². The van der Waals surface area contributed by atoms with E-state index in [1.807, 2.05) is 18.2 Å². The zero-order valence-electron chi connectivity index (χ0n) is 19.5. The third-order valence-electron chi connectivity index (χ3n) is 6.33. The van der Waals surface area contributed by atoms with Gasteiger partial charge in [-0.2, -0.15) is 0 Å². The molecule has 0 aliphatic carbocycles. The van der Waals surface area contributed by atoms with E-state index < -0.39 is 0 Å². The molecule has 2 N–H and O–H groups in total. The minimum atomic E-state index is -0.122. The molecule has 2 aliphatic rings. The van der Waals surface area contributed by atoms with Crippen LogP contribution in [0.2, 0.25) is 0 Å². The van der Waals surface area contributed by atoms with Crippen LogP contribution in [0.3, 0.4) is 0 Å². The number of H-pyrrole nitrogens is 1. The summed E-state index contributed by atoms with van der Waals surface area (Å²) in [7, 11) is 0. The third kappa shape index (κ3) is 5.96. The number of hydrogen-bond acceptors (Lipinski definition) is 6. The summed E-state index contributed by atoms with van der Waals surface area (Å²) >= 11 is 5.75. The van der Waals surface area contributed by atoms with E-state index in [1.165, 1.54) is 0 Å². The third-order valence-corrected chi connectivity index (χ3v) is 6.74. The number of aromatic nitrogens is 1. The predicted octanol–water partition coefficient (Wildman–Crippen LogP) is 2.84. The maximum atomic E-state index is 12.9. The van der Waals surface area contributed by atoms with Crippen molar-refractivity contribution in [2.24, 2.45) is 0 Å². The molecule has 0 amide bonds. The standard InChI is InChI=1S/C24H34N4O4S/c1-3-27(4-2)9-6-8-25-24(33)28(15-19-7-5-10-30-19)14-18-11-17-12-21-22(32-16-31-21)13-20(17)26-23(18)29/h11-13,19H,3-10,14-16H2,1-2H3,(H,25,33)(H,26,29)/t19-/m0/s1. The van der Waals surface area contributed by atoms with Crippen LogP contribution in [0.15, 0.2) is 23.0 Å². The molecule has 0 saturated carbocycles. The maximum Gasteiger partial charge on any atom is 0.253 e. The molecule has 180 valence electrons. The average Bonchev–Trinajstić information content (AvgIpc) is 3.49. The van der Waals surface area contributed by atoms with Crippen LogP contribution in [-0.4, -0.2) is 72.1 Å². The smallest absolute Gasteiger partial charge is 0.253 e. The number of ether oxygens (including phenoxy) is 3. The van der Waals surface area contributed by atoms with Crippen molar-refractivity contribution < 1.29 is 14.2 Å². The van der Waals surface area contributed by atoms with E-state index in [2.05, 4.69) is 33.9 Å². The molecule has 8 nitrogen and oxygen atoms in total. The highest BCUT2D eigenvalue weighted by Gasteiger charge is 2.22. The molecular formula is C24H34N4O4S. The fraction of sp³-hybridized carbons (Fsp3) is 0.583. The molecule has 1 aromatic heterocycles. The number of pyridine rings is 1. The summed E-state index contributed by atoms with van der Waals surface area (Å²) in [5, 5.41) is 4.97. The molecule has 2 aromatic rings. The van der Waals surface area contributed by atoms with Crippen LogP contribution in [0.5, 0.6) is 11.5 Å². The van der Waals surface area contributed by atoms with E-state index >= 15 is 0 Å². The van der Waals surface area contributed by atoms with Gasteiger partial charge in [0, 0.05) is 36.7 Å². The molecule has 9 heteroatoms. The molecule has 1 aromatic carbocycles. The van der Waals surface area contributed by atoms with Crippen molar-refractivity contribution in [2.45, 2.75) is 45.8 Å². The number of thiocarbonyl (C=S) groups is 1. The second-order valence-corrected chi connectivity index (χ2v) is 8.93. The van der Waals surface area contributed by atoms with Crippen LogP contribution in [-0.2, 0) is 11.3 Å². The first-order valence-electron chi connectivity index (χ1n) is 11.9. The lowest BCUT2D eigenvalue weighted by molar-refractivity contribution is 0.0896. The molecule has 0 bridgehead atoms. The predicted molar refractivity (Wildman–Crippen MR) is 133 cm³/mol. The number of nitrogens with one attached hydrogen (secondary N) is 2. The van der Waals surface area contributed by atoms with Crippen molar-refractivity contribution in [1.29, 1.82) is 0 Å². The summed E-state index contributed by atoms with van der Waals surface area (Å²) < 4.78 is 16.8. The van der Waals surface area contributed by atoms with Crippen molar-refractivity contribution in [3.05, 3.63) is 34.1 Å². The lowest BCUT2D eigenvalue weighted by atomic mass is 10.1. The highest BCUT2D eigenvalue weighted by atomic mass is 32.1. The van der Waals surface area contributed by atoms with Crippen molar-refractivity contribution in [2.75, 3.05) is 46.1 Å². The Hall–Kier alpha value is -2.36. The monoisotopic (exact) mass is 474 g/mol. The first kappa shape index (κ1) is 23.8. The number of benzene rings is 1. The fourth-order valence-corrected chi connectivity index (χ4v) is 4.61. The summed E-state index contributed by atoms with van der Waals surface area (Å²) in [6, 6.07) is 5.64. The fourth-order valence-electron chi connectivity index (χ4n) is 4.37. The van der Waals surface area contributed by atoms with Gasteiger partial charge < -0.3 is 34.3 Å². The van der Waals surface area contributed by atoms with Gasteiger partial charge in [0.25, 0.3) is 5.56 Å². The molecule has 4 rings (SSSR count). The van der Waals surface area contributed by atoms with Gasteiger partial charge in [-0.1, -0.05) is 13.8 Å². The van der Waals surface area contributed by atoms with Gasteiger partial charge >= 0.3 is 0 Å². The zero-order chi connectivity index (χ0) is 23.2. The normalized spacial score (nSPS) is 17.1. The van der Waals surface area contributed by atoms with Crippen molar-refractivity contribution in [1.82, 2.24) is 20.1 Å². The number of nitrogens with zero attached hydrogens (tertiary/aromatic N) is 2. The molecule has 1 saturated heterocycles. The molecule has 0 spiro atoms. The first-order chi connectivity index (χ1) is 16.1. The largest absolute Gasteiger partial charge is 0.454 e. The summed E-state index contributed by atoms with van der Waals surface area (Å²) in [6.45, 7) is 10.4. The molecule has 2 aliphatic heterocycles. The molecular weight excluding hydrogens is 440 g/mol. The molecule has 3 heterocycles. The number of rotatable bonds is 10. The second-order valence-electron chi connectivity index (χ2n) is 8.54. The Balaban J connectivity index is 1.46. The van der Waals surface area contributed by atoms with Gasteiger partial charge in [-0.15, -0.1) is 0 Å². The van der Waals surface area contributed by atoms with Gasteiger partial charge in [-0.3, -0.25) is 4.79 Å². The minimum Gasteiger partial charge on any atom is -0.454 e. The number of hydrogen-bond donors (Lipinski definition) is 2. The quantitative estimate of drug-likeness (QED) is 0.402. The van der Waals surface area contributed by atoms with Gasteiger partial charge in [0.15, 0.2) is 16.6 Å². The van der Waals surface area contributed by atoms with Crippen LogP contribution in [0, 0.1) is 0 Å². The van der Waals surface area contributed by atoms with Crippen LogP contribution < -0.4 is 20.3 Å². The SMILES string of the molecule is CCN(CC)CCCNC(=S)N(Cc1cc2cc3c(cc2[nH]c1=O)OCO3)C[C@@H]1CCCO1. The van der Waals surface area contributed by atoms with E-state index in [4.69, 9.17) is 26.4 Å². The van der Waals surface area contributed by atoms with Crippen molar-refractivity contribution in [3.63, 3.8) is 0 Å². The Morgan fingerprint density at radius 3 is 2.73 bits per heavy atom. The molecule has 1 atom stereocenters. The lowest BCUT2D eigenvalue weighted by Gasteiger charge is -2.28. The Kier molecular flexibility index (Phi) is 8.06. The van der Waals surface area contributed by atoms with Crippen LogP contribution in [0.1, 0.15) is 38.7 Å². The molecule has 1 fully saturated rings. The van der Waals surface area contributed by atoms with Gasteiger partial charge in [0.1, 0.15) is 0 Å². The molecule has 33 heavy (non-hydrogen) atoms. The highest BCUT2D eigenvalue weighted by Crippen LogP contribution is 2.35. The van der Waals surface area contributed by atoms with Crippen LogP contribution in [0.4, 0.5) is 0 Å². The van der Waals surface area contributed by atoms with E-state index in [0.29, 0.717) is 35.3 Å². The van der Waals surface area contributed by atoms with Gasteiger partial charge in [-0.05, 0) is 63.2 Å². The van der Waals surface area contributed by atoms with E-state index in [-0.39, 0.29) is 18.5 Å². The minimum absolute atomic E-state index is 0.122. The maximum absolute atomic E-state index is 12.9. The highest BCUT2D eigenvalue weighted by molar-refractivity contribution is 7.80. The Morgan fingerprint density at radius 2 is 2.00 bits per heavy atom. The first-order valence-corrected chi connectivity index (χ1v) is 12.3. The van der Waals surface area contributed by atoms with Crippen molar-refractivity contribution >= 4 is 28.2 Å². The number of aromatic amines is 1. The Bertz CT molecular complexity index is 1020. The zero-order valence-corrected chi connectivity index (χ0v) is 20.3. The van der Waals surface area contributed by atoms with E-state index in [0.717, 1.165) is 63.0 Å². The Labute approximate surface area is 200 Å². The van der Waals surface area contributed by atoms with Crippen LogP contribution >= 0.6 is 12.2 Å². The summed E-state index contributed by atoms with van der Waals surface area (Å²) in [5.74, 6) is 1.35. The average molecular weight is 475 g/mol. The van der Waals surface area contributed by atoms with Gasteiger partial charge in [-0.25, -0.2) is 0 Å². The molecule has 0 radical (unpaired) electrons. The van der Waals surface area contributed by atoms with E-state index in [9.17, 15) is 4.79 Å². The second kappa shape index (κ2) is 11.2. The van der Waals surface area contributed by atoms with Gasteiger partial charge in [0.2, 0.25) is 6.79 Å². The molecule has 0 unspecified atom stereocenters. The topological polar surface area (TPSA) is 79.1 Å². The van der Waals surface area contributed by atoms with E-state index in [1.54, 1.807) is 0 Å². The summed E-state index contributed by atoms with van der Waals surface area (Å²) in [6.07, 6.45) is 3.22. The van der Waals surface area contributed by atoms with Crippen LogP contribution in [0.25, 0.3) is 10.9 Å². The van der Waals surface area contributed by atoms with Crippen molar-refractivity contribution in [3.8, 4) is 11.5 Å². The summed E-state index contributed by atoms with van der Waals surface area (Å²) in [5.41, 5.74) is 1.27.